The first-order valence-electron chi connectivity index (χ1n) is 13.9. The number of methoxy groups -OCH3 is 1. The van der Waals surface area contributed by atoms with E-state index in [1.807, 2.05) is 54.6 Å². The summed E-state index contributed by atoms with van der Waals surface area (Å²) in [6.45, 7) is 0.633. The Kier molecular flexibility index (Phi) is 9.84. The molecule has 0 saturated heterocycles. The molecule has 0 spiro atoms. The monoisotopic (exact) mass is 665 g/mol. The molecule has 0 aliphatic heterocycles. The molecule has 2 N–H and O–H groups in total. The van der Waals surface area contributed by atoms with Crippen LogP contribution in [0.1, 0.15) is 16.7 Å². The van der Waals surface area contributed by atoms with Crippen LogP contribution in [-0.4, -0.2) is 16.2 Å². The average molecular weight is 667 g/mol. The summed E-state index contributed by atoms with van der Waals surface area (Å²) in [6.07, 6.45) is 0. The number of benzene rings is 4. The number of nitrogens with zero attached hydrogens (tertiary/aromatic N) is 2. The topological polar surface area (TPSA) is 69.8 Å². The predicted octanol–water partition coefficient (Wildman–Crippen LogP) is 3.14. The fraction of sp³-hybridized carbons (Fsp3) is 0.118. The van der Waals surface area contributed by atoms with Gasteiger partial charge in [0.05, 0.1) is 29.8 Å². The summed E-state index contributed by atoms with van der Waals surface area (Å²) in [7, 11) is 1.58. The first-order valence-corrected chi connectivity index (χ1v) is 15.1. The van der Waals surface area contributed by atoms with E-state index < -0.39 is 29.4 Å². The van der Waals surface area contributed by atoms with Gasteiger partial charge >= 0.3 is 5.69 Å². The lowest BCUT2D eigenvalue weighted by Gasteiger charge is -2.14. The Morgan fingerprint density at radius 2 is 1.49 bits per heavy atom. The van der Waals surface area contributed by atoms with E-state index in [1.165, 1.54) is 22.0 Å². The number of aromatic nitrogens is 2. The third-order valence-electron chi connectivity index (χ3n) is 7.47. The van der Waals surface area contributed by atoms with Gasteiger partial charge in [-0.1, -0.05) is 60.1 Å². The first-order chi connectivity index (χ1) is 21.4. The normalized spacial score (nSPS) is 11.0. The second-order valence-electron chi connectivity index (χ2n) is 10.2. The molecule has 6 aromatic rings. The van der Waals surface area contributed by atoms with Crippen LogP contribution in [0, 0.1) is 11.6 Å². The Bertz CT molecular complexity index is 2080. The smallest absolute Gasteiger partial charge is 0.337 e. The number of hydrogen-bond donors (Lipinski definition) is 1. The molecule has 0 aliphatic carbocycles. The number of ether oxygens (including phenoxy) is 1. The van der Waals surface area contributed by atoms with Gasteiger partial charge < -0.3 is 22.5 Å². The molecule has 0 radical (unpaired) electrons. The summed E-state index contributed by atoms with van der Waals surface area (Å²) in [4.78, 5) is 29.6. The number of halogens is 4. The van der Waals surface area contributed by atoms with Crippen molar-refractivity contribution in [2.45, 2.75) is 19.6 Å². The number of para-hydroxylation sites is 1. The molecular formula is C34H27Cl2F2N3O3S. The van der Waals surface area contributed by atoms with E-state index in [0.717, 1.165) is 32.7 Å². The van der Waals surface area contributed by atoms with Crippen LogP contribution in [0.25, 0.3) is 26.3 Å². The van der Waals surface area contributed by atoms with Gasteiger partial charge in [-0.25, -0.2) is 18.1 Å². The lowest BCUT2D eigenvalue weighted by Crippen LogP contribution is -3.00. The second-order valence-corrected chi connectivity index (χ2v) is 11.6. The number of thiophene rings is 1. The molecule has 0 aliphatic rings. The number of hydrogen-bond acceptors (Lipinski definition) is 4. The lowest BCUT2D eigenvalue weighted by atomic mass is 10.1. The highest BCUT2D eigenvalue weighted by Crippen LogP contribution is 2.38. The predicted molar refractivity (Wildman–Crippen MR) is 170 cm³/mol. The fourth-order valence-corrected chi connectivity index (χ4v) is 6.80. The van der Waals surface area contributed by atoms with Crippen LogP contribution >= 0.6 is 22.9 Å². The molecule has 0 atom stereocenters. The number of nitrogens with two attached hydrogens (primary N) is 1. The van der Waals surface area contributed by atoms with Gasteiger partial charge in [-0.15, -0.1) is 11.3 Å². The maximum atomic E-state index is 14.9. The molecule has 6 rings (SSSR count). The molecule has 11 heteroatoms. The molecule has 2 aromatic heterocycles. The van der Waals surface area contributed by atoms with E-state index in [9.17, 15) is 18.4 Å². The SMILES string of the molecule is COc1ccc(-c2sc3c(c2C[NH2+]Cc2ccccc2)c(=O)n(-c2ccccc2Cl)c(=O)n3Cc2c(F)cccc2F)cc1.[Cl-]. The Morgan fingerprint density at radius 3 is 2.16 bits per heavy atom. The van der Waals surface area contributed by atoms with Gasteiger partial charge in [0.25, 0.3) is 5.56 Å². The highest BCUT2D eigenvalue weighted by Gasteiger charge is 2.26. The molecule has 0 fully saturated rings. The van der Waals surface area contributed by atoms with Gasteiger partial charge in [-0.05, 0) is 54.1 Å². The molecule has 0 saturated carbocycles. The van der Waals surface area contributed by atoms with Gasteiger partial charge in [0, 0.05) is 21.6 Å². The molecule has 4 aromatic carbocycles. The number of quaternary nitrogens is 1. The molecule has 0 amide bonds. The number of rotatable bonds is 9. The largest absolute Gasteiger partial charge is 1.00 e. The Balaban J connectivity index is 0.00000400. The highest BCUT2D eigenvalue weighted by molar-refractivity contribution is 7.22. The molecule has 0 bridgehead atoms. The van der Waals surface area contributed by atoms with E-state index in [-0.39, 0.29) is 28.7 Å². The van der Waals surface area contributed by atoms with Crippen LogP contribution in [0.2, 0.25) is 5.02 Å². The van der Waals surface area contributed by atoms with Crippen LogP contribution in [0.5, 0.6) is 5.75 Å². The van der Waals surface area contributed by atoms with E-state index >= 15 is 0 Å². The lowest BCUT2D eigenvalue weighted by molar-refractivity contribution is -0.686. The molecule has 0 unspecified atom stereocenters. The first kappa shape index (κ1) is 32.1. The zero-order chi connectivity index (χ0) is 30.8. The minimum Gasteiger partial charge on any atom is -1.00 e. The van der Waals surface area contributed by atoms with Crippen molar-refractivity contribution in [3.63, 3.8) is 0 Å². The van der Waals surface area contributed by atoms with E-state index in [4.69, 9.17) is 16.3 Å². The Labute approximate surface area is 272 Å². The average Bonchev–Trinajstić information content (AvgIpc) is 3.41. The molecular weight excluding hydrogens is 639 g/mol. The van der Waals surface area contributed by atoms with E-state index in [0.29, 0.717) is 34.6 Å². The van der Waals surface area contributed by atoms with Crippen molar-refractivity contribution in [1.82, 2.24) is 9.13 Å². The van der Waals surface area contributed by atoms with Crippen LogP contribution in [0.4, 0.5) is 8.78 Å². The summed E-state index contributed by atoms with van der Waals surface area (Å²) >= 11 is 7.74. The fourth-order valence-electron chi connectivity index (χ4n) is 5.26. The van der Waals surface area contributed by atoms with Gasteiger partial charge in [-0.2, -0.15) is 0 Å². The minimum atomic E-state index is -0.788. The van der Waals surface area contributed by atoms with Crippen molar-refractivity contribution in [3.8, 4) is 21.9 Å². The third kappa shape index (κ3) is 6.30. The van der Waals surface area contributed by atoms with Crippen LogP contribution in [-0.2, 0) is 19.6 Å². The molecule has 2 heterocycles. The van der Waals surface area contributed by atoms with E-state index in [1.54, 1.807) is 31.4 Å². The quantitative estimate of drug-likeness (QED) is 0.258. The standard InChI is InChI=1S/C34H26ClF2N3O3S.ClH/c1-43-23-16-14-22(15-17-23)31-24(19-38-18-21-8-3-2-4-9-21)30-32(41)40(29-13-6-5-10-26(29)35)34(42)39(33(30)44-31)20-25-27(36)11-7-12-28(25)37;/h2-17,38H,18-20H2,1H3;1H. The summed E-state index contributed by atoms with van der Waals surface area (Å²) in [6, 6.07) is 27.4. The van der Waals surface area contributed by atoms with Crippen LogP contribution in [0.3, 0.4) is 0 Å². The zero-order valence-electron chi connectivity index (χ0n) is 24.0. The summed E-state index contributed by atoms with van der Waals surface area (Å²) in [5.74, 6) is -0.909. The maximum absolute atomic E-state index is 14.9. The van der Waals surface area contributed by atoms with Crippen molar-refractivity contribution >= 4 is 33.2 Å². The maximum Gasteiger partial charge on any atom is 0.337 e. The van der Waals surface area contributed by atoms with Crippen molar-refractivity contribution in [2.24, 2.45) is 0 Å². The Morgan fingerprint density at radius 1 is 0.822 bits per heavy atom. The summed E-state index contributed by atoms with van der Waals surface area (Å²) < 4.78 is 37.5. The van der Waals surface area contributed by atoms with Gasteiger partial charge in [0.2, 0.25) is 0 Å². The van der Waals surface area contributed by atoms with Crippen molar-refractivity contribution in [1.29, 1.82) is 0 Å². The van der Waals surface area contributed by atoms with Crippen molar-refractivity contribution in [3.05, 3.63) is 151 Å². The zero-order valence-corrected chi connectivity index (χ0v) is 26.3. The van der Waals surface area contributed by atoms with Crippen molar-refractivity contribution < 1.29 is 31.2 Å². The van der Waals surface area contributed by atoms with Crippen LogP contribution in [0.15, 0.2) is 107 Å². The molecule has 230 valence electrons. The molecule has 6 nitrogen and oxygen atoms in total. The van der Waals surface area contributed by atoms with Crippen LogP contribution < -0.4 is 33.7 Å². The van der Waals surface area contributed by atoms with E-state index in [2.05, 4.69) is 5.32 Å². The summed E-state index contributed by atoms with van der Waals surface area (Å²) in [5, 5.41) is 2.56. The summed E-state index contributed by atoms with van der Waals surface area (Å²) in [5.41, 5.74) is 1.23. The van der Waals surface area contributed by atoms with Gasteiger partial charge in [-0.3, -0.25) is 9.36 Å². The Hall–Kier alpha value is -4.28. The number of fused-ring (bicyclic) bond motifs is 1. The van der Waals surface area contributed by atoms with Crippen molar-refractivity contribution in [2.75, 3.05) is 7.11 Å². The third-order valence-corrected chi connectivity index (χ3v) is 9.09. The molecule has 45 heavy (non-hydrogen) atoms. The minimum absolute atomic E-state index is 0. The second kappa shape index (κ2) is 13.8. The van der Waals surface area contributed by atoms with Gasteiger partial charge in [0.1, 0.15) is 35.3 Å². The van der Waals surface area contributed by atoms with Gasteiger partial charge in [0.15, 0.2) is 0 Å². The highest BCUT2D eigenvalue weighted by atomic mass is 35.5.